The normalized spacial score (nSPS) is 11.8. The molecule has 0 amide bonds. The Kier molecular flexibility index (Phi) is 2.13. The van der Waals surface area contributed by atoms with E-state index in [4.69, 9.17) is 0 Å². The first-order chi connectivity index (χ1) is 5.43. The standard InChI is InChI=1S/C9H9F3/c1-6-4-3-5-7(8(6)10)9(2,11)12/h3-5H,1-2H3. The maximum absolute atomic E-state index is 13.0. The molecule has 0 aliphatic heterocycles. The molecule has 0 radical (unpaired) electrons. The molecule has 12 heavy (non-hydrogen) atoms. The first kappa shape index (κ1) is 9.10. The molecule has 0 unspecified atom stereocenters. The van der Waals surface area contributed by atoms with E-state index >= 15 is 0 Å². The molecule has 0 nitrogen and oxygen atoms in total. The van der Waals surface area contributed by atoms with E-state index < -0.39 is 17.3 Å². The van der Waals surface area contributed by atoms with Gasteiger partial charge in [0.2, 0.25) is 0 Å². The van der Waals surface area contributed by atoms with Gasteiger partial charge in [0.15, 0.2) is 0 Å². The van der Waals surface area contributed by atoms with Gasteiger partial charge in [0, 0.05) is 6.92 Å². The summed E-state index contributed by atoms with van der Waals surface area (Å²) in [6.07, 6.45) is 0. The van der Waals surface area contributed by atoms with Gasteiger partial charge in [-0.1, -0.05) is 18.2 Å². The number of alkyl halides is 2. The van der Waals surface area contributed by atoms with Crippen LogP contribution >= 0.6 is 0 Å². The van der Waals surface area contributed by atoms with Crippen LogP contribution in [-0.4, -0.2) is 0 Å². The van der Waals surface area contributed by atoms with Gasteiger partial charge in [-0.25, -0.2) is 13.2 Å². The Balaban J connectivity index is 3.26. The van der Waals surface area contributed by atoms with Gasteiger partial charge in [-0.3, -0.25) is 0 Å². The molecule has 0 N–H and O–H groups in total. The Morgan fingerprint density at radius 3 is 2.25 bits per heavy atom. The lowest BCUT2D eigenvalue weighted by Crippen LogP contribution is -2.10. The van der Waals surface area contributed by atoms with Gasteiger partial charge in [-0.2, -0.15) is 0 Å². The zero-order chi connectivity index (χ0) is 9.35. The van der Waals surface area contributed by atoms with E-state index in [1.165, 1.54) is 19.1 Å². The summed E-state index contributed by atoms with van der Waals surface area (Å²) < 4.78 is 38.3. The molecule has 0 heterocycles. The van der Waals surface area contributed by atoms with Crippen LogP contribution < -0.4 is 0 Å². The van der Waals surface area contributed by atoms with E-state index in [-0.39, 0.29) is 5.56 Å². The van der Waals surface area contributed by atoms with Crippen molar-refractivity contribution in [2.45, 2.75) is 19.8 Å². The monoisotopic (exact) mass is 174 g/mol. The molecule has 0 aliphatic rings. The van der Waals surface area contributed by atoms with Crippen LogP contribution in [0, 0.1) is 12.7 Å². The number of rotatable bonds is 1. The smallest absolute Gasteiger partial charge is 0.206 e. The molecule has 1 rings (SSSR count). The van der Waals surface area contributed by atoms with E-state index in [2.05, 4.69) is 0 Å². The van der Waals surface area contributed by atoms with Crippen LogP contribution in [0.5, 0.6) is 0 Å². The van der Waals surface area contributed by atoms with E-state index in [0.29, 0.717) is 6.92 Å². The van der Waals surface area contributed by atoms with Crippen molar-refractivity contribution in [1.29, 1.82) is 0 Å². The van der Waals surface area contributed by atoms with Crippen molar-refractivity contribution in [2.24, 2.45) is 0 Å². The van der Waals surface area contributed by atoms with Crippen molar-refractivity contribution in [3.63, 3.8) is 0 Å². The van der Waals surface area contributed by atoms with Gasteiger partial charge in [-0.05, 0) is 12.5 Å². The Bertz CT molecular complexity index is 286. The number of benzene rings is 1. The quantitative estimate of drug-likeness (QED) is 0.613. The Morgan fingerprint density at radius 1 is 1.25 bits per heavy atom. The molecule has 1 aromatic carbocycles. The summed E-state index contributed by atoms with van der Waals surface area (Å²) in [7, 11) is 0. The van der Waals surface area contributed by atoms with Crippen LogP contribution in [0.4, 0.5) is 13.2 Å². The third-order valence-corrected chi connectivity index (χ3v) is 1.66. The molecule has 0 atom stereocenters. The lowest BCUT2D eigenvalue weighted by Gasteiger charge is -2.12. The molecule has 0 fully saturated rings. The van der Waals surface area contributed by atoms with Crippen molar-refractivity contribution in [3.05, 3.63) is 35.1 Å². The van der Waals surface area contributed by atoms with E-state index in [9.17, 15) is 13.2 Å². The highest BCUT2D eigenvalue weighted by Crippen LogP contribution is 2.29. The van der Waals surface area contributed by atoms with Gasteiger partial charge in [-0.15, -0.1) is 0 Å². The minimum atomic E-state index is -3.10. The van der Waals surface area contributed by atoms with Gasteiger partial charge in [0.25, 0.3) is 5.92 Å². The zero-order valence-corrected chi connectivity index (χ0v) is 6.87. The summed E-state index contributed by atoms with van der Waals surface area (Å²) in [5.41, 5.74) is -0.295. The summed E-state index contributed by atoms with van der Waals surface area (Å²) >= 11 is 0. The first-order valence-electron chi connectivity index (χ1n) is 3.56. The summed E-state index contributed by atoms with van der Waals surface area (Å²) in [4.78, 5) is 0. The topological polar surface area (TPSA) is 0 Å². The van der Waals surface area contributed by atoms with Crippen LogP contribution in [0.25, 0.3) is 0 Å². The zero-order valence-electron chi connectivity index (χ0n) is 6.87. The number of hydrogen-bond donors (Lipinski definition) is 0. The highest BCUT2D eigenvalue weighted by atomic mass is 19.3. The third kappa shape index (κ3) is 1.60. The highest BCUT2D eigenvalue weighted by Gasteiger charge is 2.28. The average Bonchev–Trinajstić information content (AvgIpc) is 1.92. The lowest BCUT2D eigenvalue weighted by atomic mass is 10.1. The molecule has 0 aromatic heterocycles. The molecule has 1 aromatic rings. The van der Waals surface area contributed by atoms with Crippen molar-refractivity contribution >= 4 is 0 Å². The van der Waals surface area contributed by atoms with E-state index in [0.717, 1.165) is 6.07 Å². The molecular formula is C9H9F3. The molecule has 0 aliphatic carbocycles. The van der Waals surface area contributed by atoms with Crippen molar-refractivity contribution in [1.82, 2.24) is 0 Å². The fourth-order valence-electron chi connectivity index (χ4n) is 0.986. The second kappa shape index (κ2) is 2.81. The van der Waals surface area contributed by atoms with Crippen molar-refractivity contribution < 1.29 is 13.2 Å². The lowest BCUT2D eigenvalue weighted by molar-refractivity contribution is 0.0136. The molecule has 0 spiro atoms. The van der Waals surface area contributed by atoms with Gasteiger partial charge in [0.05, 0.1) is 5.56 Å². The summed E-state index contributed by atoms with van der Waals surface area (Å²) in [6, 6.07) is 3.98. The van der Waals surface area contributed by atoms with Crippen LogP contribution in [0.1, 0.15) is 18.1 Å². The maximum atomic E-state index is 13.0. The Labute approximate surface area is 69.0 Å². The second-order valence-corrected chi connectivity index (χ2v) is 2.82. The third-order valence-electron chi connectivity index (χ3n) is 1.66. The summed E-state index contributed by atoms with van der Waals surface area (Å²) in [6.45, 7) is 2.15. The average molecular weight is 174 g/mol. The first-order valence-corrected chi connectivity index (χ1v) is 3.56. The fraction of sp³-hybridized carbons (Fsp3) is 0.333. The van der Waals surface area contributed by atoms with Crippen LogP contribution in [-0.2, 0) is 5.92 Å². The van der Waals surface area contributed by atoms with Gasteiger partial charge < -0.3 is 0 Å². The predicted molar refractivity (Wildman–Crippen MR) is 40.7 cm³/mol. The maximum Gasteiger partial charge on any atom is 0.273 e. The second-order valence-electron chi connectivity index (χ2n) is 2.82. The molecule has 0 bridgehead atoms. The molecule has 66 valence electrons. The number of aryl methyl sites for hydroxylation is 1. The van der Waals surface area contributed by atoms with Crippen LogP contribution in [0.2, 0.25) is 0 Å². The SMILES string of the molecule is Cc1cccc(C(C)(F)F)c1F. The summed E-state index contributed by atoms with van der Waals surface area (Å²) in [5.74, 6) is -3.92. The number of halogens is 3. The minimum absolute atomic E-state index is 0.244. The minimum Gasteiger partial charge on any atom is -0.206 e. The van der Waals surface area contributed by atoms with E-state index in [1.54, 1.807) is 0 Å². The van der Waals surface area contributed by atoms with Crippen molar-refractivity contribution in [3.8, 4) is 0 Å². The van der Waals surface area contributed by atoms with Crippen LogP contribution in [0.15, 0.2) is 18.2 Å². The molecule has 3 heteroatoms. The largest absolute Gasteiger partial charge is 0.273 e. The molecule has 0 saturated carbocycles. The van der Waals surface area contributed by atoms with E-state index in [1.807, 2.05) is 0 Å². The van der Waals surface area contributed by atoms with Gasteiger partial charge >= 0.3 is 0 Å². The Morgan fingerprint density at radius 2 is 1.83 bits per heavy atom. The molecular weight excluding hydrogens is 165 g/mol. The predicted octanol–water partition coefficient (Wildman–Crippen LogP) is 3.25. The van der Waals surface area contributed by atoms with Crippen LogP contribution in [0.3, 0.4) is 0 Å². The number of hydrogen-bond acceptors (Lipinski definition) is 0. The summed E-state index contributed by atoms with van der Waals surface area (Å²) in [5, 5.41) is 0. The highest BCUT2D eigenvalue weighted by molar-refractivity contribution is 5.27. The van der Waals surface area contributed by atoms with Crippen molar-refractivity contribution in [2.75, 3.05) is 0 Å². The van der Waals surface area contributed by atoms with Gasteiger partial charge in [0.1, 0.15) is 5.82 Å². The molecule has 0 saturated heterocycles. The Hall–Kier alpha value is -0.990. The fourth-order valence-corrected chi connectivity index (χ4v) is 0.986.